The second kappa shape index (κ2) is 8.33. The summed E-state index contributed by atoms with van der Waals surface area (Å²) < 4.78 is 5.54. The first-order valence-electron chi connectivity index (χ1n) is 8.45. The third-order valence-electron chi connectivity index (χ3n) is 4.45. The molecule has 0 bridgehead atoms. The van der Waals surface area contributed by atoms with Crippen molar-refractivity contribution in [2.45, 2.75) is 19.0 Å². The van der Waals surface area contributed by atoms with Crippen LogP contribution in [0.1, 0.15) is 12.2 Å². The molecule has 1 atom stereocenters. The Morgan fingerprint density at radius 2 is 2.23 bits per heavy atom. The summed E-state index contributed by atoms with van der Waals surface area (Å²) in [5.41, 5.74) is 5.70. The Labute approximate surface area is 157 Å². The Bertz CT molecular complexity index is 773. The van der Waals surface area contributed by atoms with Gasteiger partial charge in [-0.3, -0.25) is 9.69 Å². The molecule has 2 aromatic rings. The molecule has 3 rings (SSSR count). The van der Waals surface area contributed by atoms with Crippen molar-refractivity contribution in [3.63, 3.8) is 0 Å². The molecule has 1 aliphatic heterocycles. The van der Waals surface area contributed by atoms with Crippen molar-refractivity contribution < 1.29 is 9.53 Å². The lowest BCUT2D eigenvalue weighted by Crippen LogP contribution is -2.38. The van der Waals surface area contributed by atoms with Crippen LogP contribution in [0.4, 0.5) is 5.82 Å². The molecule has 1 aliphatic rings. The summed E-state index contributed by atoms with van der Waals surface area (Å²) >= 11 is 6.04. The SMILES string of the molecule is CN(Cc1nccc(N)n1)[C@@H]1CCN(C(=O)COc2ccccc2Cl)C1. The number of nitrogens with two attached hydrogens (primary N) is 1. The monoisotopic (exact) mass is 375 g/mol. The van der Waals surface area contributed by atoms with Crippen LogP contribution in [0.5, 0.6) is 5.75 Å². The van der Waals surface area contributed by atoms with E-state index in [1.54, 1.807) is 24.4 Å². The Kier molecular flexibility index (Phi) is 5.90. The molecule has 0 aliphatic carbocycles. The highest BCUT2D eigenvalue weighted by Crippen LogP contribution is 2.23. The Morgan fingerprint density at radius 3 is 3.00 bits per heavy atom. The van der Waals surface area contributed by atoms with E-state index in [1.807, 2.05) is 24.1 Å². The standard InChI is InChI=1S/C18H22ClN5O2/c1-23(11-17-21-8-6-16(20)22-17)13-7-9-24(10-13)18(25)12-26-15-5-3-2-4-14(15)19/h2-6,8,13H,7,9-12H2,1H3,(H2,20,21,22)/t13-/m1/s1. The molecule has 1 fully saturated rings. The average molecular weight is 376 g/mol. The number of likely N-dealkylation sites (tertiary alicyclic amines) is 1. The van der Waals surface area contributed by atoms with E-state index in [4.69, 9.17) is 22.1 Å². The van der Waals surface area contributed by atoms with Gasteiger partial charge in [-0.05, 0) is 31.7 Å². The van der Waals surface area contributed by atoms with Crippen LogP contribution in [-0.2, 0) is 11.3 Å². The van der Waals surface area contributed by atoms with Gasteiger partial charge in [0.25, 0.3) is 5.91 Å². The number of ether oxygens (including phenoxy) is 1. The van der Waals surface area contributed by atoms with Crippen molar-refractivity contribution in [1.29, 1.82) is 0 Å². The van der Waals surface area contributed by atoms with Gasteiger partial charge >= 0.3 is 0 Å². The lowest BCUT2D eigenvalue weighted by atomic mass is 10.2. The minimum Gasteiger partial charge on any atom is -0.482 e. The Hall–Kier alpha value is -2.38. The fourth-order valence-corrected chi connectivity index (χ4v) is 3.15. The number of carbonyl (C=O) groups excluding carboxylic acids is 1. The van der Waals surface area contributed by atoms with Gasteiger partial charge < -0.3 is 15.4 Å². The van der Waals surface area contributed by atoms with Crippen LogP contribution in [0.15, 0.2) is 36.5 Å². The smallest absolute Gasteiger partial charge is 0.260 e. The van der Waals surface area contributed by atoms with E-state index in [2.05, 4.69) is 14.9 Å². The number of anilines is 1. The summed E-state index contributed by atoms with van der Waals surface area (Å²) in [4.78, 5) is 24.8. The molecule has 0 unspecified atom stereocenters. The molecule has 1 amide bonds. The number of para-hydroxylation sites is 1. The lowest BCUT2D eigenvalue weighted by Gasteiger charge is -2.24. The zero-order valence-corrected chi connectivity index (χ0v) is 15.4. The fourth-order valence-electron chi connectivity index (χ4n) is 2.96. The van der Waals surface area contributed by atoms with Crippen LogP contribution in [0, 0.1) is 0 Å². The first kappa shape index (κ1) is 18.4. The van der Waals surface area contributed by atoms with Gasteiger partial charge in [0.2, 0.25) is 0 Å². The second-order valence-corrected chi connectivity index (χ2v) is 6.72. The minimum atomic E-state index is -0.0407. The molecular weight excluding hydrogens is 354 g/mol. The van der Waals surface area contributed by atoms with Crippen molar-refractivity contribution >= 4 is 23.3 Å². The number of hydrogen-bond donors (Lipinski definition) is 1. The zero-order chi connectivity index (χ0) is 18.5. The molecule has 0 radical (unpaired) electrons. The number of carbonyl (C=O) groups is 1. The number of likely N-dealkylation sites (N-methyl/N-ethyl adjacent to an activating group) is 1. The topological polar surface area (TPSA) is 84.6 Å². The van der Waals surface area contributed by atoms with E-state index in [0.29, 0.717) is 42.0 Å². The number of amides is 1. The highest BCUT2D eigenvalue weighted by Gasteiger charge is 2.29. The van der Waals surface area contributed by atoms with Crippen molar-refractivity contribution in [2.24, 2.45) is 0 Å². The summed E-state index contributed by atoms with van der Waals surface area (Å²) in [6.45, 7) is 1.94. The molecule has 2 heterocycles. The molecule has 138 valence electrons. The van der Waals surface area contributed by atoms with E-state index in [1.165, 1.54) is 0 Å². The van der Waals surface area contributed by atoms with Crippen LogP contribution in [-0.4, -0.2) is 58.5 Å². The van der Waals surface area contributed by atoms with Gasteiger partial charge in [-0.2, -0.15) is 0 Å². The van der Waals surface area contributed by atoms with Gasteiger partial charge in [-0.1, -0.05) is 23.7 Å². The van der Waals surface area contributed by atoms with Crippen molar-refractivity contribution in [2.75, 3.05) is 32.5 Å². The quantitative estimate of drug-likeness (QED) is 0.829. The number of halogens is 1. The predicted octanol–water partition coefficient (Wildman–Crippen LogP) is 1.82. The largest absolute Gasteiger partial charge is 0.482 e. The average Bonchev–Trinajstić information content (AvgIpc) is 3.11. The van der Waals surface area contributed by atoms with Crippen LogP contribution in [0.25, 0.3) is 0 Å². The Balaban J connectivity index is 1.49. The highest BCUT2D eigenvalue weighted by molar-refractivity contribution is 6.32. The number of benzene rings is 1. The van der Waals surface area contributed by atoms with Gasteiger partial charge in [-0.25, -0.2) is 9.97 Å². The molecule has 1 aromatic carbocycles. The molecule has 0 spiro atoms. The summed E-state index contributed by atoms with van der Waals surface area (Å²) in [6, 6.07) is 9.05. The predicted molar refractivity (Wildman–Crippen MR) is 99.8 cm³/mol. The first-order valence-corrected chi connectivity index (χ1v) is 8.83. The summed E-state index contributed by atoms with van der Waals surface area (Å²) in [5, 5.41) is 0.501. The van der Waals surface area contributed by atoms with Gasteiger partial charge in [0.05, 0.1) is 11.6 Å². The van der Waals surface area contributed by atoms with E-state index in [-0.39, 0.29) is 18.6 Å². The maximum atomic E-state index is 12.4. The fraction of sp³-hybridized carbons (Fsp3) is 0.389. The van der Waals surface area contributed by atoms with E-state index in [0.717, 1.165) is 6.42 Å². The van der Waals surface area contributed by atoms with Gasteiger partial charge in [0.1, 0.15) is 17.4 Å². The van der Waals surface area contributed by atoms with Crippen LogP contribution < -0.4 is 10.5 Å². The van der Waals surface area contributed by atoms with Crippen LogP contribution >= 0.6 is 11.6 Å². The van der Waals surface area contributed by atoms with E-state index < -0.39 is 0 Å². The lowest BCUT2D eigenvalue weighted by molar-refractivity contribution is -0.132. The summed E-state index contributed by atoms with van der Waals surface area (Å²) in [7, 11) is 2.01. The maximum absolute atomic E-state index is 12.4. The Morgan fingerprint density at radius 1 is 1.42 bits per heavy atom. The van der Waals surface area contributed by atoms with Crippen LogP contribution in [0.2, 0.25) is 5.02 Å². The molecule has 26 heavy (non-hydrogen) atoms. The number of nitrogens with zero attached hydrogens (tertiary/aromatic N) is 4. The number of rotatable bonds is 6. The van der Waals surface area contributed by atoms with Crippen molar-refractivity contribution in [1.82, 2.24) is 19.8 Å². The number of nitrogen functional groups attached to an aromatic ring is 1. The molecular formula is C18H22ClN5O2. The highest BCUT2D eigenvalue weighted by atomic mass is 35.5. The third-order valence-corrected chi connectivity index (χ3v) is 4.76. The number of hydrogen-bond acceptors (Lipinski definition) is 6. The van der Waals surface area contributed by atoms with Gasteiger partial charge in [-0.15, -0.1) is 0 Å². The molecule has 7 nitrogen and oxygen atoms in total. The first-order chi connectivity index (χ1) is 12.5. The van der Waals surface area contributed by atoms with E-state index in [9.17, 15) is 4.79 Å². The second-order valence-electron chi connectivity index (χ2n) is 6.31. The molecule has 8 heteroatoms. The summed E-state index contributed by atoms with van der Waals surface area (Å²) in [5.74, 6) is 1.62. The number of aromatic nitrogens is 2. The molecule has 1 aromatic heterocycles. The summed E-state index contributed by atoms with van der Waals surface area (Å²) in [6.07, 6.45) is 2.55. The molecule has 1 saturated heterocycles. The van der Waals surface area contributed by atoms with E-state index >= 15 is 0 Å². The third kappa shape index (κ3) is 4.62. The van der Waals surface area contributed by atoms with Gasteiger partial charge in [0, 0.05) is 25.3 Å². The van der Waals surface area contributed by atoms with Crippen molar-refractivity contribution in [3.05, 3.63) is 47.4 Å². The zero-order valence-electron chi connectivity index (χ0n) is 14.6. The van der Waals surface area contributed by atoms with Crippen LogP contribution in [0.3, 0.4) is 0 Å². The van der Waals surface area contributed by atoms with Gasteiger partial charge in [0.15, 0.2) is 6.61 Å². The minimum absolute atomic E-state index is 0.0154. The normalized spacial score (nSPS) is 16.9. The van der Waals surface area contributed by atoms with Crippen molar-refractivity contribution in [3.8, 4) is 5.75 Å². The molecule has 0 saturated carbocycles. The maximum Gasteiger partial charge on any atom is 0.260 e. The molecule has 2 N–H and O–H groups in total.